The van der Waals surface area contributed by atoms with Gasteiger partial charge in [-0.1, -0.05) is 23.2 Å². The van der Waals surface area contributed by atoms with Gasteiger partial charge >= 0.3 is 18.0 Å². The minimum atomic E-state index is -1.56. The molecule has 1 aromatic carbocycles. The summed E-state index contributed by atoms with van der Waals surface area (Å²) in [4.78, 5) is 33.0. The molecule has 0 saturated carbocycles. The summed E-state index contributed by atoms with van der Waals surface area (Å²) in [5.74, 6) is -2.82. The topological polar surface area (TPSA) is 116 Å². The first kappa shape index (κ1) is 17.5. The fourth-order valence-corrected chi connectivity index (χ4v) is 2.14. The monoisotopic (exact) mass is 398 g/mol. The van der Waals surface area contributed by atoms with Crippen LogP contribution in [-0.4, -0.2) is 34.2 Å². The van der Waals surface area contributed by atoms with Crippen molar-refractivity contribution in [3.05, 3.63) is 26.7 Å². The number of carbonyl (C=O) groups is 3. The van der Waals surface area contributed by atoms with Crippen molar-refractivity contribution in [3.8, 4) is 0 Å². The molecule has 0 fully saturated rings. The van der Waals surface area contributed by atoms with Crippen LogP contribution in [0.2, 0.25) is 10.0 Å². The lowest BCUT2D eigenvalue weighted by atomic mass is 10.2. The van der Waals surface area contributed by atoms with Gasteiger partial charge in [-0.25, -0.2) is 9.59 Å². The van der Waals surface area contributed by atoms with E-state index in [1.165, 1.54) is 12.1 Å². The summed E-state index contributed by atoms with van der Waals surface area (Å²) in [5.41, 5.74) is 0.154. The summed E-state index contributed by atoms with van der Waals surface area (Å²) in [6.07, 6.45) is -0.752. The summed E-state index contributed by atoms with van der Waals surface area (Å²) in [7, 11) is 0. The number of carboxylic acid groups (broad SMARTS) is 2. The van der Waals surface area contributed by atoms with Gasteiger partial charge in [0.2, 0.25) is 0 Å². The van der Waals surface area contributed by atoms with Crippen molar-refractivity contribution in [3.63, 3.8) is 0 Å². The largest absolute Gasteiger partial charge is 0.481 e. The number of benzene rings is 1. The van der Waals surface area contributed by atoms with Gasteiger partial charge in [0.05, 0.1) is 22.2 Å². The number of carbonyl (C=O) groups excluding carboxylic acids is 1. The van der Waals surface area contributed by atoms with Crippen molar-refractivity contribution >= 4 is 62.8 Å². The van der Waals surface area contributed by atoms with Crippen molar-refractivity contribution in [1.82, 2.24) is 5.32 Å². The normalized spacial score (nSPS) is 11.6. The Morgan fingerprint density at radius 2 is 1.81 bits per heavy atom. The molecule has 0 bridgehead atoms. The maximum atomic E-state index is 11.7. The second-order valence-corrected chi connectivity index (χ2v) is 5.42. The fraction of sp³-hybridized carbons (Fsp3) is 0.182. The molecule has 0 heterocycles. The molecule has 0 aromatic heterocycles. The van der Waals surface area contributed by atoms with Gasteiger partial charge < -0.3 is 20.8 Å². The number of urea groups is 1. The Hall–Kier alpha value is -1.51. The molecule has 1 atom stereocenters. The van der Waals surface area contributed by atoms with Crippen LogP contribution in [0.3, 0.4) is 0 Å². The van der Waals surface area contributed by atoms with E-state index in [2.05, 4.69) is 21.2 Å². The highest BCUT2D eigenvalue weighted by Gasteiger charge is 2.23. The van der Waals surface area contributed by atoms with Crippen LogP contribution in [0.1, 0.15) is 6.42 Å². The van der Waals surface area contributed by atoms with Crippen molar-refractivity contribution in [2.45, 2.75) is 12.5 Å². The van der Waals surface area contributed by atoms with E-state index in [1.54, 1.807) is 0 Å². The zero-order valence-electron chi connectivity index (χ0n) is 10.2. The quantitative estimate of drug-likeness (QED) is 0.568. The highest BCUT2D eigenvalue weighted by atomic mass is 79.9. The van der Waals surface area contributed by atoms with Crippen LogP contribution in [0.25, 0.3) is 0 Å². The van der Waals surface area contributed by atoms with E-state index < -0.39 is 30.4 Å². The number of aliphatic carboxylic acids is 2. The van der Waals surface area contributed by atoms with E-state index >= 15 is 0 Å². The van der Waals surface area contributed by atoms with Crippen LogP contribution in [0, 0.1) is 0 Å². The van der Waals surface area contributed by atoms with Gasteiger partial charge in [0.1, 0.15) is 6.04 Å². The molecule has 10 heteroatoms. The zero-order valence-corrected chi connectivity index (χ0v) is 13.3. The van der Waals surface area contributed by atoms with Crippen molar-refractivity contribution in [2.75, 3.05) is 5.32 Å². The number of hydrogen-bond donors (Lipinski definition) is 4. The predicted octanol–water partition coefficient (Wildman–Crippen LogP) is 2.81. The van der Waals surface area contributed by atoms with Gasteiger partial charge in [0, 0.05) is 4.47 Å². The van der Waals surface area contributed by atoms with E-state index in [0.717, 1.165) is 0 Å². The molecule has 114 valence electrons. The Balaban J connectivity index is 2.79. The summed E-state index contributed by atoms with van der Waals surface area (Å²) in [5, 5.41) is 21.9. The third-order valence-corrected chi connectivity index (χ3v) is 4.04. The SMILES string of the molecule is O=C(O)C[C@H](NC(=O)Nc1ccc(Br)c(Cl)c1Cl)C(=O)O. The summed E-state index contributed by atoms with van der Waals surface area (Å²) < 4.78 is 0.523. The molecule has 2 amide bonds. The Bertz CT molecular complexity index is 596. The summed E-state index contributed by atoms with van der Waals surface area (Å²) in [6, 6.07) is 0.511. The molecule has 7 nitrogen and oxygen atoms in total. The van der Waals surface area contributed by atoms with Crippen LogP contribution >= 0.6 is 39.1 Å². The molecule has 21 heavy (non-hydrogen) atoms. The second-order valence-electron chi connectivity index (χ2n) is 3.81. The Morgan fingerprint density at radius 3 is 2.33 bits per heavy atom. The lowest BCUT2D eigenvalue weighted by molar-refractivity contribution is -0.145. The third kappa shape index (κ3) is 5.07. The van der Waals surface area contributed by atoms with Gasteiger partial charge in [-0.05, 0) is 28.1 Å². The molecule has 0 radical (unpaired) electrons. The highest BCUT2D eigenvalue weighted by Crippen LogP contribution is 2.35. The van der Waals surface area contributed by atoms with Crippen LogP contribution < -0.4 is 10.6 Å². The fourth-order valence-electron chi connectivity index (χ4n) is 1.31. The minimum absolute atomic E-state index is 0.0614. The maximum Gasteiger partial charge on any atom is 0.326 e. The van der Waals surface area contributed by atoms with Gasteiger partial charge in [0.25, 0.3) is 0 Å². The average molecular weight is 400 g/mol. The number of amides is 2. The van der Waals surface area contributed by atoms with Crippen molar-refractivity contribution in [2.24, 2.45) is 0 Å². The first-order chi connectivity index (χ1) is 9.72. The molecular weight excluding hydrogens is 391 g/mol. The Morgan fingerprint density at radius 1 is 1.19 bits per heavy atom. The number of carboxylic acids is 2. The molecule has 1 aromatic rings. The average Bonchev–Trinajstić information content (AvgIpc) is 2.38. The molecule has 0 aliphatic heterocycles. The van der Waals surface area contributed by atoms with Crippen LogP contribution in [-0.2, 0) is 9.59 Å². The smallest absolute Gasteiger partial charge is 0.326 e. The summed E-state index contributed by atoms with van der Waals surface area (Å²) in [6.45, 7) is 0. The third-order valence-electron chi connectivity index (χ3n) is 2.27. The van der Waals surface area contributed by atoms with Gasteiger partial charge in [-0.2, -0.15) is 0 Å². The lowest BCUT2D eigenvalue weighted by Crippen LogP contribution is -2.44. The zero-order chi connectivity index (χ0) is 16.2. The van der Waals surface area contributed by atoms with Crippen molar-refractivity contribution in [1.29, 1.82) is 0 Å². The maximum absolute atomic E-state index is 11.7. The molecule has 0 unspecified atom stereocenters. The lowest BCUT2D eigenvalue weighted by Gasteiger charge is -2.14. The molecule has 0 spiro atoms. The highest BCUT2D eigenvalue weighted by molar-refractivity contribution is 9.10. The first-order valence-corrected chi connectivity index (χ1v) is 6.93. The standard InChI is InChI=1S/C11H9BrCl2N2O5/c12-4-1-2-5(9(14)8(4)13)15-11(21)16-6(10(19)20)3-7(17)18/h1-2,6H,3H2,(H,17,18)(H,19,20)(H2,15,16,21)/t6-/m0/s1. The molecule has 0 aliphatic rings. The number of rotatable bonds is 5. The van der Waals surface area contributed by atoms with Gasteiger partial charge in [-0.3, -0.25) is 4.79 Å². The van der Waals surface area contributed by atoms with E-state index in [1.807, 2.05) is 5.32 Å². The predicted molar refractivity (Wildman–Crippen MR) is 80.0 cm³/mol. The Labute approximate surface area is 137 Å². The van der Waals surface area contributed by atoms with Gasteiger partial charge in [-0.15, -0.1) is 0 Å². The van der Waals surface area contributed by atoms with E-state index in [0.29, 0.717) is 4.47 Å². The minimum Gasteiger partial charge on any atom is -0.481 e. The van der Waals surface area contributed by atoms with Crippen molar-refractivity contribution < 1.29 is 24.6 Å². The number of halogens is 3. The van der Waals surface area contributed by atoms with Crippen LogP contribution in [0.15, 0.2) is 16.6 Å². The van der Waals surface area contributed by atoms with E-state index in [9.17, 15) is 14.4 Å². The first-order valence-electron chi connectivity index (χ1n) is 5.38. The van der Waals surface area contributed by atoms with Crippen LogP contribution in [0.5, 0.6) is 0 Å². The molecule has 0 saturated heterocycles. The number of hydrogen-bond acceptors (Lipinski definition) is 3. The van der Waals surface area contributed by atoms with Crippen LogP contribution in [0.4, 0.5) is 10.5 Å². The summed E-state index contributed by atoms with van der Waals surface area (Å²) >= 11 is 14.9. The number of nitrogens with one attached hydrogen (secondary N) is 2. The Kier molecular flexibility index (Phi) is 6.25. The molecule has 4 N–H and O–H groups in total. The molecule has 1 rings (SSSR count). The number of anilines is 1. The second kappa shape index (κ2) is 7.48. The molecule has 0 aliphatic carbocycles. The molecular formula is C11H9BrCl2N2O5. The van der Waals surface area contributed by atoms with E-state index in [4.69, 9.17) is 33.4 Å². The van der Waals surface area contributed by atoms with Gasteiger partial charge in [0.15, 0.2) is 0 Å². The van der Waals surface area contributed by atoms with E-state index in [-0.39, 0.29) is 15.7 Å².